The number of fused-ring (bicyclic) bond motifs is 2. The Balaban J connectivity index is 1.43. The van der Waals surface area contributed by atoms with E-state index in [4.69, 9.17) is 23.7 Å². The summed E-state index contributed by atoms with van der Waals surface area (Å²) in [4.78, 5) is 25.4. The minimum atomic E-state index is -2.46. The van der Waals surface area contributed by atoms with Crippen LogP contribution in [0.4, 0.5) is 0 Å². The quantitative estimate of drug-likeness (QED) is 0.236. The molecule has 0 aromatic heterocycles. The van der Waals surface area contributed by atoms with Gasteiger partial charge in [-0.3, -0.25) is 4.79 Å². The third kappa shape index (κ3) is 3.17. The number of hydrogen-bond acceptors (Lipinski definition) is 13. The van der Waals surface area contributed by atoms with Gasteiger partial charge in [-0.1, -0.05) is 12.1 Å². The van der Waals surface area contributed by atoms with E-state index < -0.39 is 78.8 Å². The van der Waals surface area contributed by atoms with Crippen LogP contribution in [0.3, 0.4) is 0 Å². The maximum atomic E-state index is 13.1. The van der Waals surface area contributed by atoms with E-state index in [1.54, 1.807) is 0 Å². The first-order chi connectivity index (χ1) is 16.1. The summed E-state index contributed by atoms with van der Waals surface area (Å²) < 4.78 is 27.2. The average Bonchev–Trinajstić information content (AvgIpc) is 3.40. The van der Waals surface area contributed by atoms with E-state index in [9.17, 15) is 40.2 Å². The maximum absolute atomic E-state index is 13.1. The van der Waals surface area contributed by atoms with E-state index in [2.05, 4.69) is 0 Å². The van der Waals surface area contributed by atoms with Crippen LogP contribution in [0.5, 0.6) is 5.75 Å². The van der Waals surface area contributed by atoms with Crippen LogP contribution in [0.1, 0.15) is 17.9 Å². The van der Waals surface area contributed by atoms with E-state index >= 15 is 0 Å². The van der Waals surface area contributed by atoms with Gasteiger partial charge in [0.15, 0.2) is 12.4 Å². The molecule has 4 heterocycles. The van der Waals surface area contributed by atoms with Gasteiger partial charge in [0.2, 0.25) is 0 Å². The normalized spacial score (nSPS) is 45.9. The van der Waals surface area contributed by atoms with Crippen LogP contribution >= 0.6 is 0 Å². The Morgan fingerprint density at radius 3 is 2.44 bits per heavy atom. The van der Waals surface area contributed by atoms with Gasteiger partial charge >= 0.3 is 11.9 Å². The van der Waals surface area contributed by atoms with Crippen LogP contribution in [0.15, 0.2) is 24.3 Å². The second-order valence-corrected chi connectivity index (χ2v) is 8.76. The lowest BCUT2D eigenvalue weighted by Crippen LogP contribution is -2.61. The topological polar surface area (TPSA) is 202 Å². The summed E-state index contributed by atoms with van der Waals surface area (Å²) in [5.41, 5.74) is -1.84. The molecule has 0 bridgehead atoms. The van der Waals surface area contributed by atoms with Crippen LogP contribution in [-0.2, 0) is 33.3 Å². The SMILES string of the molecule is O=C1C[C@H](c2ccc(O)cc2)[C@@]2(O1)C(=O)OC1C(O[C@H]3O[C@@H](CO)[C@H](O)[C@@H](O)[C@@H]3O)COC12O. The van der Waals surface area contributed by atoms with Crippen LogP contribution < -0.4 is 0 Å². The predicted octanol–water partition coefficient (Wildman–Crippen LogP) is -3.01. The first-order valence-electron chi connectivity index (χ1n) is 10.7. The number of aliphatic hydroxyl groups excluding tert-OH is 4. The molecule has 0 saturated carbocycles. The lowest BCUT2D eigenvalue weighted by molar-refractivity contribution is -0.315. The summed E-state index contributed by atoms with van der Waals surface area (Å²) in [6, 6.07) is 5.66. The highest BCUT2D eigenvalue weighted by molar-refractivity contribution is 5.92. The molecule has 13 nitrogen and oxygen atoms in total. The Morgan fingerprint density at radius 1 is 1.06 bits per heavy atom. The second kappa shape index (κ2) is 8.10. The van der Waals surface area contributed by atoms with Gasteiger partial charge in [0, 0.05) is 0 Å². The molecule has 6 N–H and O–H groups in total. The molecule has 4 fully saturated rings. The Hall–Kier alpha value is -2.36. The second-order valence-electron chi connectivity index (χ2n) is 8.76. The fraction of sp³-hybridized carbons (Fsp3) is 0.619. The monoisotopic (exact) mass is 484 g/mol. The van der Waals surface area contributed by atoms with Crippen molar-refractivity contribution in [2.45, 2.75) is 66.6 Å². The number of aromatic hydroxyl groups is 1. The van der Waals surface area contributed by atoms with Crippen molar-refractivity contribution >= 4 is 11.9 Å². The van der Waals surface area contributed by atoms with Crippen molar-refractivity contribution in [3.05, 3.63) is 29.8 Å². The standard InChI is InChI=1S/C21H24O13/c22-6-11-14(25)15(26)16(27)18(31-11)32-12-7-30-21(29)17(12)33-19(28)20(21)10(5-13(24)34-20)8-1-3-9(23)4-2-8/h1-4,10-12,14-18,22-23,25-27,29H,5-7H2/t10-,11+,12?,14+,15-,16+,17?,18-,20-,21?/m1/s1. The lowest BCUT2D eigenvalue weighted by Gasteiger charge is -2.40. The van der Waals surface area contributed by atoms with Crippen molar-refractivity contribution in [2.75, 3.05) is 13.2 Å². The number of hydrogen-bond donors (Lipinski definition) is 6. The summed E-state index contributed by atoms with van der Waals surface area (Å²) in [7, 11) is 0. The average molecular weight is 484 g/mol. The number of ether oxygens (including phenoxy) is 5. The van der Waals surface area contributed by atoms with Gasteiger partial charge in [-0.15, -0.1) is 0 Å². The van der Waals surface area contributed by atoms with Gasteiger partial charge in [-0.25, -0.2) is 4.79 Å². The van der Waals surface area contributed by atoms with E-state index in [0.29, 0.717) is 5.56 Å². The van der Waals surface area contributed by atoms with Crippen molar-refractivity contribution in [3.63, 3.8) is 0 Å². The molecule has 5 rings (SSSR count). The van der Waals surface area contributed by atoms with Crippen LogP contribution in [-0.4, -0.2) is 110 Å². The fourth-order valence-electron chi connectivity index (χ4n) is 5.09. The van der Waals surface area contributed by atoms with Gasteiger partial charge in [0.1, 0.15) is 36.3 Å². The number of esters is 2. The van der Waals surface area contributed by atoms with Gasteiger partial charge in [-0.2, -0.15) is 0 Å². The third-order valence-corrected chi connectivity index (χ3v) is 6.85. The van der Waals surface area contributed by atoms with E-state index in [-0.39, 0.29) is 18.8 Å². The van der Waals surface area contributed by atoms with E-state index in [1.807, 2.05) is 0 Å². The Morgan fingerprint density at radius 2 is 1.76 bits per heavy atom. The molecule has 4 aliphatic heterocycles. The first-order valence-corrected chi connectivity index (χ1v) is 10.7. The first kappa shape index (κ1) is 23.4. The number of phenolic OH excluding ortho intramolecular Hbond substituents is 1. The largest absolute Gasteiger partial charge is 0.508 e. The molecule has 0 aliphatic carbocycles. The van der Waals surface area contributed by atoms with Gasteiger partial charge in [-0.05, 0) is 17.7 Å². The highest BCUT2D eigenvalue weighted by atomic mass is 16.8. The molecule has 1 aromatic carbocycles. The van der Waals surface area contributed by atoms with Gasteiger partial charge < -0.3 is 54.3 Å². The number of aliphatic hydroxyl groups is 5. The summed E-state index contributed by atoms with van der Waals surface area (Å²) >= 11 is 0. The Kier molecular flexibility index (Phi) is 5.57. The third-order valence-electron chi connectivity index (χ3n) is 6.85. The Labute approximate surface area is 192 Å². The van der Waals surface area contributed by atoms with Crippen molar-refractivity contribution in [1.82, 2.24) is 0 Å². The van der Waals surface area contributed by atoms with Crippen molar-refractivity contribution in [3.8, 4) is 5.75 Å². The number of benzene rings is 1. The smallest absolute Gasteiger partial charge is 0.357 e. The highest BCUT2D eigenvalue weighted by Crippen LogP contribution is 2.56. The van der Waals surface area contributed by atoms with Crippen molar-refractivity contribution in [1.29, 1.82) is 0 Å². The highest BCUT2D eigenvalue weighted by Gasteiger charge is 2.81. The molecule has 4 aliphatic rings. The zero-order valence-corrected chi connectivity index (χ0v) is 17.6. The molecule has 10 atom stereocenters. The molecule has 186 valence electrons. The van der Waals surface area contributed by atoms with Crippen molar-refractivity contribution < 1.29 is 63.9 Å². The number of phenols is 1. The molecule has 1 aromatic rings. The molecule has 0 radical (unpaired) electrons. The summed E-state index contributed by atoms with van der Waals surface area (Å²) in [5.74, 6) is -5.35. The van der Waals surface area contributed by atoms with Gasteiger partial charge in [0.25, 0.3) is 11.4 Å². The minimum Gasteiger partial charge on any atom is -0.508 e. The molecule has 3 unspecified atom stereocenters. The maximum Gasteiger partial charge on any atom is 0.357 e. The van der Waals surface area contributed by atoms with E-state index in [0.717, 1.165) is 0 Å². The van der Waals surface area contributed by atoms with E-state index in [1.165, 1.54) is 24.3 Å². The summed E-state index contributed by atoms with van der Waals surface area (Å²) in [6.07, 6.45) is -10.8. The number of carbonyl (C=O) groups excluding carboxylic acids is 2. The summed E-state index contributed by atoms with van der Waals surface area (Å²) in [6.45, 7) is -1.05. The molecule has 1 spiro atoms. The molecular formula is C21H24O13. The Bertz CT molecular complexity index is 966. The van der Waals surface area contributed by atoms with Crippen molar-refractivity contribution in [2.24, 2.45) is 0 Å². The molecule has 13 heteroatoms. The zero-order chi connectivity index (χ0) is 24.4. The van der Waals surface area contributed by atoms with Crippen LogP contribution in [0.25, 0.3) is 0 Å². The molecule has 34 heavy (non-hydrogen) atoms. The number of carbonyl (C=O) groups is 2. The number of rotatable bonds is 4. The fourth-order valence-corrected chi connectivity index (χ4v) is 5.09. The molecule has 0 amide bonds. The molecule has 4 saturated heterocycles. The zero-order valence-electron chi connectivity index (χ0n) is 17.6. The predicted molar refractivity (Wildman–Crippen MR) is 104 cm³/mol. The summed E-state index contributed by atoms with van der Waals surface area (Å²) in [5, 5.41) is 60.6. The molecular weight excluding hydrogens is 460 g/mol. The minimum absolute atomic E-state index is 0.0428. The van der Waals surface area contributed by atoms with Crippen LogP contribution in [0.2, 0.25) is 0 Å². The van der Waals surface area contributed by atoms with Gasteiger partial charge in [0.05, 0.1) is 25.6 Å². The lowest BCUT2D eigenvalue weighted by atomic mass is 9.76. The van der Waals surface area contributed by atoms with Crippen LogP contribution in [0, 0.1) is 0 Å².